The number of sulfonamides is 1. The van der Waals surface area contributed by atoms with Crippen molar-refractivity contribution in [3.63, 3.8) is 0 Å². The Morgan fingerprint density at radius 3 is 2.37 bits per heavy atom. The van der Waals surface area contributed by atoms with E-state index in [0.29, 0.717) is 4.31 Å². The first-order valence-electron chi connectivity index (χ1n) is 5.13. The molecule has 0 amide bonds. The average Bonchev–Trinajstić information content (AvgIpc) is 2.24. The zero-order chi connectivity index (χ0) is 14.8. The van der Waals surface area contributed by atoms with E-state index in [9.17, 15) is 26.0 Å². The van der Waals surface area contributed by atoms with E-state index in [1.807, 2.05) is 0 Å². The van der Waals surface area contributed by atoms with Crippen LogP contribution >= 0.6 is 0 Å². The Bertz CT molecular complexity index is 537. The summed E-state index contributed by atoms with van der Waals surface area (Å²) in [7, 11) is -3.45. The lowest BCUT2D eigenvalue weighted by Gasteiger charge is -2.19. The Kier molecular flexibility index (Phi) is 4.41. The Hall–Kier alpha value is -1.35. The Balaban J connectivity index is 3.04. The topological polar surface area (TPSA) is 63.4 Å². The van der Waals surface area contributed by atoms with Crippen LogP contribution in [0.1, 0.15) is 6.42 Å². The first-order chi connectivity index (χ1) is 8.55. The van der Waals surface area contributed by atoms with Crippen molar-refractivity contribution in [2.45, 2.75) is 17.5 Å². The summed E-state index contributed by atoms with van der Waals surface area (Å²) in [6, 6.07) is 3.24. The van der Waals surface area contributed by atoms with Gasteiger partial charge in [0.15, 0.2) is 0 Å². The maximum Gasteiger partial charge on any atom is 0.390 e. The van der Waals surface area contributed by atoms with E-state index in [0.717, 1.165) is 19.2 Å². The van der Waals surface area contributed by atoms with Gasteiger partial charge in [0.1, 0.15) is 10.7 Å². The van der Waals surface area contributed by atoms with Crippen molar-refractivity contribution in [2.24, 2.45) is 0 Å². The van der Waals surface area contributed by atoms with Gasteiger partial charge in [-0.3, -0.25) is 0 Å². The summed E-state index contributed by atoms with van der Waals surface area (Å²) in [4.78, 5) is -0.806. The molecule has 0 atom stereocenters. The number of rotatable bonds is 4. The van der Waals surface area contributed by atoms with E-state index in [-0.39, 0.29) is 5.69 Å². The molecule has 0 aliphatic rings. The van der Waals surface area contributed by atoms with Crippen molar-refractivity contribution in [3.8, 4) is 0 Å². The third-order valence-corrected chi connectivity index (χ3v) is 4.33. The van der Waals surface area contributed by atoms with Gasteiger partial charge >= 0.3 is 6.18 Å². The van der Waals surface area contributed by atoms with Gasteiger partial charge in [-0.25, -0.2) is 17.1 Å². The highest BCUT2D eigenvalue weighted by atomic mass is 32.2. The fraction of sp³-hybridized carbons (Fsp3) is 0.400. The lowest BCUT2D eigenvalue weighted by molar-refractivity contribution is -0.135. The Morgan fingerprint density at radius 2 is 1.89 bits per heavy atom. The molecule has 0 spiro atoms. The molecule has 19 heavy (non-hydrogen) atoms. The van der Waals surface area contributed by atoms with Crippen LogP contribution in [0.15, 0.2) is 23.1 Å². The number of benzene rings is 1. The summed E-state index contributed by atoms with van der Waals surface area (Å²) in [6.07, 6.45) is -5.82. The lowest BCUT2D eigenvalue weighted by Crippen LogP contribution is -2.31. The third-order valence-electron chi connectivity index (χ3n) is 2.38. The summed E-state index contributed by atoms with van der Waals surface area (Å²) in [6.45, 7) is -0.806. The first kappa shape index (κ1) is 15.7. The molecule has 0 bridgehead atoms. The van der Waals surface area contributed by atoms with Gasteiger partial charge < -0.3 is 5.73 Å². The zero-order valence-corrected chi connectivity index (χ0v) is 10.7. The largest absolute Gasteiger partial charge is 0.398 e. The van der Waals surface area contributed by atoms with Gasteiger partial charge in [0.25, 0.3) is 0 Å². The van der Waals surface area contributed by atoms with Crippen LogP contribution in [-0.2, 0) is 10.0 Å². The van der Waals surface area contributed by atoms with Crippen LogP contribution < -0.4 is 5.73 Å². The highest BCUT2D eigenvalue weighted by Gasteiger charge is 2.32. The first-order valence-corrected chi connectivity index (χ1v) is 6.57. The lowest BCUT2D eigenvalue weighted by atomic mass is 10.3. The van der Waals surface area contributed by atoms with Gasteiger partial charge in [-0.2, -0.15) is 13.2 Å². The summed E-state index contributed by atoms with van der Waals surface area (Å²) in [5.41, 5.74) is 5.01. The van der Waals surface area contributed by atoms with E-state index in [1.54, 1.807) is 0 Å². The van der Waals surface area contributed by atoms with Gasteiger partial charge in [0.2, 0.25) is 10.0 Å². The van der Waals surface area contributed by atoms with Crippen LogP contribution in [0.3, 0.4) is 0 Å². The molecular formula is C10H12F4N2O2S. The molecule has 0 unspecified atom stereocenters. The summed E-state index contributed by atoms with van der Waals surface area (Å²) < 4.78 is 73.9. The molecule has 0 radical (unpaired) electrons. The third kappa shape index (κ3) is 3.80. The molecule has 0 saturated carbocycles. The maximum absolute atomic E-state index is 13.5. The van der Waals surface area contributed by atoms with Gasteiger partial charge in [0, 0.05) is 13.6 Å². The second-order valence-corrected chi connectivity index (χ2v) is 5.83. The molecular weight excluding hydrogens is 288 g/mol. The number of nitrogens with zero attached hydrogens (tertiary/aromatic N) is 1. The molecule has 0 aliphatic carbocycles. The van der Waals surface area contributed by atoms with Crippen LogP contribution in [0, 0.1) is 5.82 Å². The van der Waals surface area contributed by atoms with Crippen molar-refractivity contribution >= 4 is 15.7 Å². The van der Waals surface area contributed by atoms with Crippen LogP contribution in [0.25, 0.3) is 0 Å². The van der Waals surface area contributed by atoms with Crippen LogP contribution in [-0.4, -0.2) is 32.5 Å². The molecule has 0 heterocycles. The van der Waals surface area contributed by atoms with Crippen molar-refractivity contribution in [2.75, 3.05) is 19.3 Å². The fourth-order valence-electron chi connectivity index (χ4n) is 1.36. The molecule has 1 aromatic carbocycles. The number of hydrogen-bond acceptors (Lipinski definition) is 3. The van der Waals surface area contributed by atoms with Crippen molar-refractivity contribution in [1.29, 1.82) is 0 Å². The number of hydrogen-bond donors (Lipinski definition) is 1. The highest BCUT2D eigenvalue weighted by molar-refractivity contribution is 7.89. The standard InChI is InChI=1S/C10H12F4N2O2S/c1-16(6-5-10(12,13)14)19(17,18)9-7(11)3-2-4-8(9)15/h2-4H,5-6,15H2,1H3. The molecule has 108 valence electrons. The van der Waals surface area contributed by atoms with E-state index in [4.69, 9.17) is 5.73 Å². The second kappa shape index (κ2) is 5.33. The van der Waals surface area contributed by atoms with E-state index < -0.39 is 39.9 Å². The minimum atomic E-state index is -4.50. The minimum Gasteiger partial charge on any atom is -0.398 e. The molecule has 0 aromatic heterocycles. The summed E-state index contributed by atoms with van der Waals surface area (Å²) >= 11 is 0. The molecule has 0 saturated heterocycles. The van der Waals surface area contributed by atoms with Gasteiger partial charge in [-0.15, -0.1) is 0 Å². The second-order valence-electron chi connectivity index (χ2n) is 3.85. The fourth-order valence-corrected chi connectivity index (χ4v) is 2.68. The van der Waals surface area contributed by atoms with Crippen LogP contribution in [0.4, 0.5) is 23.2 Å². The predicted molar refractivity (Wildman–Crippen MR) is 61.3 cm³/mol. The van der Waals surface area contributed by atoms with Crippen molar-refractivity contribution in [1.82, 2.24) is 4.31 Å². The SMILES string of the molecule is CN(CCC(F)(F)F)S(=O)(=O)c1c(N)cccc1F. The Morgan fingerprint density at radius 1 is 1.32 bits per heavy atom. The summed E-state index contributed by atoms with van der Waals surface area (Å²) in [5, 5.41) is 0. The number of halogens is 4. The van der Waals surface area contributed by atoms with Gasteiger partial charge in [-0.1, -0.05) is 6.07 Å². The van der Waals surface area contributed by atoms with Crippen LogP contribution in [0.5, 0.6) is 0 Å². The predicted octanol–water partition coefficient (Wildman–Crippen LogP) is 1.98. The number of nitrogen functional groups attached to an aromatic ring is 1. The summed E-state index contributed by atoms with van der Waals surface area (Å²) in [5.74, 6) is -1.10. The van der Waals surface area contributed by atoms with E-state index >= 15 is 0 Å². The molecule has 0 aliphatic heterocycles. The molecule has 1 aromatic rings. The molecule has 9 heteroatoms. The van der Waals surface area contributed by atoms with Gasteiger partial charge in [0.05, 0.1) is 12.1 Å². The quantitative estimate of drug-likeness (QED) is 0.683. The van der Waals surface area contributed by atoms with Crippen molar-refractivity contribution < 1.29 is 26.0 Å². The minimum absolute atomic E-state index is 0.348. The maximum atomic E-state index is 13.5. The molecule has 4 nitrogen and oxygen atoms in total. The zero-order valence-electron chi connectivity index (χ0n) is 9.91. The molecule has 2 N–H and O–H groups in total. The monoisotopic (exact) mass is 300 g/mol. The Labute approximate surface area is 107 Å². The van der Waals surface area contributed by atoms with Crippen LogP contribution in [0.2, 0.25) is 0 Å². The number of alkyl halides is 3. The number of nitrogens with two attached hydrogens (primary N) is 1. The highest BCUT2D eigenvalue weighted by Crippen LogP contribution is 2.26. The molecule has 0 fully saturated rings. The van der Waals surface area contributed by atoms with Gasteiger partial charge in [-0.05, 0) is 12.1 Å². The average molecular weight is 300 g/mol. The number of anilines is 1. The van der Waals surface area contributed by atoms with Crippen molar-refractivity contribution in [3.05, 3.63) is 24.0 Å². The molecule has 1 rings (SSSR count). The normalized spacial score (nSPS) is 12.9. The van der Waals surface area contributed by atoms with E-state index in [2.05, 4.69) is 0 Å². The van der Waals surface area contributed by atoms with E-state index in [1.165, 1.54) is 6.07 Å². The smallest absolute Gasteiger partial charge is 0.390 e.